The van der Waals surface area contributed by atoms with Gasteiger partial charge >= 0.3 is 6.03 Å². The number of nitrogens with zero attached hydrogens (tertiary/aromatic N) is 2. The lowest BCUT2D eigenvalue weighted by atomic mass is 10.0. The largest absolute Gasteiger partial charge is 0.378 e. The number of hydrogen-bond acceptors (Lipinski definition) is 5. The van der Waals surface area contributed by atoms with Gasteiger partial charge in [0.1, 0.15) is 6.04 Å². The Balaban J connectivity index is 2.11. The number of rotatable bonds is 5. The van der Waals surface area contributed by atoms with E-state index in [0.29, 0.717) is 31.9 Å². The Kier molecular flexibility index (Phi) is 6.91. The second-order valence-corrected chi connectivity index (χ2v) is 5.79. The summed E-state index contributed by atoms with van der Waals surface area (Å²) in [4.78, 5) is 39.9. The summed E-state index contributed by atoms with van der Waals surface area (Å²) >= 11 is 0. The monoisotopic (exact) mass is 348 g/mol. The van der Waals surface area contributed by atoms with Crippen LogP contribution in [0.4, 0.5) is 4.79 Å². The molecule has 1 atom stereocenters. The van der Waals surface area contributed by atoms with Gasteiger partial charge in [0.25, 0.3) is 0 Å². The van der Waals surface area contributed by atoms with Gasteiger partial charge in [-0.3, -0.25) is 19.8 Å². The van der Waals surface area contributed by atoms with E-state index in [1.807, 2.05) is 18.2 Å². The third kappa shape index (κ3) is 5.27. The van der Waals surface area contributed by atoms with Crippen molar-refractivity contribution in [1.29, 1.82) is 0 Å². The highest BCUT2D eigenvalue weighted by atomic mass is 16.5. The lowest BCUT2D eigenvalue weighted by Crippen LogP contribution is -2.49. The van der Waals surface area contributed by atoms with E-state index >= 15 is 0 Å². The minimum Gasteiger partial charge on any atom is -0.378 e. The summed E-state index contributed by atoms with van der Waals surface area (Å²) in [5, 5.41) is 4.64. The number of imide groups is 1. The Morgan fingerprint density at radius 1 is 1.20 bits per heavy atom. The molecule has 136 valence electrons. The second kappa shape index (κ2) is 9.14. The number of urea groups is 1. The molecule has 1 aliphatic heterocycles. The maximum absolute atomic E-state index is 12.6. The minimum absolute atomic E-state index is 0.0699. The first-order valence-electron chi connectivity index (χ1n) is 8.16. The molecule has 25 heavy (non-hydrogen) atoms. The molecule has 0 radical (unpaired) electrons. The molecule has 1 fully saturated rings. The van der Waals surface area contributed by atoms with E-state index in [0.717, 1.165) is 0 Å². The van der Waals surface area contributed by atoms with Gasteiger partial charge in [-0.05, 0) is 12.6 Å². The molecule has 1 heterocycles. The summed E-state index contributed by atoms with van der Waals surface area (Å²) < 4.78 is 5.25. The maximum atomic E-state index is 12.6. The number of morpholine rings is 1. The molecule has 2 N–H and O–H groups in total. The summed E-state index contributed by atoms with van der Waals surface area (Å²) in [7, 11) is 3.13. The Hall–Kier alpha value is -2.45. The van der Waals surface area contributed by atoms with Gasteiger partial charge in [-0.25, -0.2) is 4.79 Å². The van der Waals surface area contributed by atoms with Crippen molar-refractivity contribution < 1.29 is 19.1 Å². The standard InChI is InChI=1S/C17H24N4O4/c1-18-17(24)19-16(23)15(13-6-4-3-5-7-13)20(2)12-14(22)21-8-10-25-11-9-21/h3-7,15H,8-12H2,1-2H3,(H2,18,19,23,24)/t15-/m1/s1. The fourth-order valence-electron chi connectivity index (χ4n) is 2.70. The first-order valence-corrected chi connectivity index (χ1v) is 8.16. The number of nitrogens with one attached hydrogen (secondary N) is 2. The fraction of sp³-hybridized carbons (Fsp3) is 0.471. The van der Waals surface area contributed by atoms with Crippen LogP contribution in [0, 0.1) is 0 Å². The lowest BCUT2D eigenvalue weighted by Gasteiger charge is -2.31. The number of ether oxygens (including phenoxy) is 1. The van der Waals surface area contributed by atoms with Crippen molar-refractivity contribution in [2.24, 2.45) is 0 Å². The van der Waals surface area contributed by atoms with Gasteiger partial charge in [0, 0.05) is 20.1 Å². The zero-order chi connectivity index (χ0) is 18.2. The normalized spacial score (nSPS) is 15.6. The van der Waals surface area contributed by atoms with Crippen LogP contribution in [-0.2, 0) is 14.3 Å². The molecule has 1 aromatic carbocycles. The Labute approximate surface area is 147 Å². The van der Waals surface area contributed by atoms with Crippen molar-refractivity contribution in [2.75, 3.05) is 46.9 Å². The van der Waals surface area contributed by atoms with Gasteiger partial charge < -0.3 is 15.0 Å². The smallest absolute Gasteiger partial charge is 0.321 e. The fourth-order valence-corrected chi connectivity index (χ4v) is 2.70. The molecule has 4 amide bonds. The topological polar surface area (TPSA) is 91.0 Å². The first-order chi connectivity index (χ1) is 12.0. The molecule has 8 nitrogen and oxygen atoms in total. The average molecular weight is 348 g/mol. The Bertz CT molecular complexity index is 602. The van der Waals surface area contributed by atoms with E-state index in [1.54, 1.807) is 29.0 Å². The summed E-state index contributed by atoms with van der Waals surface area (Å²) in [6.45, 7) is 2.21. The highest BCUT2D eigenvalue weighted by molar-refractivity contribution is 5.97. The number of likely N-dealkylation sites (N-methyl/N-ethyl adjacent to an activating group) is 1. The summed E-state index contributed by atoms with van der Waals surface area (Å²) in [6, 6.07) is 7.73. The molecule has 0 spiro atoms. The number of hydrogen-bond donors (Lipinski definition) is 2. The molecule has 0 aromatic heterocycles. The second-order valence-electron chi connectivity index (χ2n) is 5.79. The Morgan fingerprint density at radius 2 is 1.84 bits per heavy atom. The van der Waals surface area contributed by atoms with Gasteiger partial charge in [0.05, 0.1) is 19.8 Å². The molecule has 1 aliphatic rings. The van der Waals surface area contributed by atoms with Crippen molar-refractivity contribution in [3.63, 3.8) is 0 Å². The first kappa shape index (κ1) is 18.9. The van der Waals surface area contributed by atoms with Crippen molar-refractivity contribution >= 4 is 17.8 Å². The van der Waals surface area contributed by atoms with Gasteiger partial charge in [-0.2, -0.15) is 0 Å². The van der Waals surface area contributed by atoms with Crippen LogP contribution in [0.1, 0.15) is 11.6 Å². The zero-order valence-corrected chi connectivity index (χ0v) is 14.5. The molecule has 1 aromatic rings. The molecular formula is C17H24N4O4. The van der Waals surface area contributed by atoms with Crippen molar-refractivity contribution in [3.8, 4) is 0 Å². The van der Waals surface area contributed by atoms with Crippen LogP contribution in [0.5, 0.6) is 0 Å². The van der Waals surface area contributed by atoms with Crippen molar-refractivity contribution in [1.82, 2.24) is 20.4 Å². The van der Waals surface area contributed by atoms with Crippen LogP contribution in [0.15, 0.2) is 30.3 Å². The van der Waals surface area contributed by atoms with Crippen LogP contribution in [-0.4, -0.2) is 74.6 Å². The summed E-state index contributed by atoms with van der Waals surface area (Å²) in [6.07, 6.45) is 0. The number of carbonyl (C=O) groups excluding carboxylic acids is 3. The van der Waals surface area contributed by atoms with Crippen molar-refractivity contribution in [3.05, 3.63) is 35.9 Å². The van der Waals surface area contributed by atoms with E-state index in [9.17, 15) is 14.4 Å². The molecule has 2 rings (SSSR count). The average Bonchev–Trinajstić information content (AvgIpc) is 2.63. The van der Waals surface area contributed by atoms with Crippen LogP contribution >= 0.6 is 0 Å². The van der Waals surface area contributed by atoms with Crippen molar-refractivity contribution in [2.45, 2.75) is 6.04 Å². The van der Waals surface area contributed by atoms with Gasteiger partial charge in [0.15, 0.2) is 0 Å². The molecule has 1 saturated heterocycles. The third-order valence-corrected chi connectivity index (χ3v) is 4.02. The van der Waals surface area contributed by atoms with E-state index < -0.39 is 18.0 Å². The quantitative estimate of drug-likeness (QED) is 0.780. The molecule has 0 bridgehead atoms. The number of benzene rings is 1. The zero-order valence-electron chi connectivity index (χ0n) is 14.5. The van der Waals surface area contributed by atoms with Gasteiger partial charge in [-0.1, -0.05) is 30.3 Å². The molecular weight excluding hydrogens is 324 g/mol. The molecule has 0 unspecified atom stereocenters. The maximum Gasteiger partial charge on any atom is 0.321 e. The predicted octanol–water partition coefficient (Wildman–Crippen LogP) is -0.0261. The lowest BCUT2D eigenvalue weighted by molar-refractivity contribution is -0.137. The van der Waals surface area contributed by atoms with Crippen LogP contribution < -0.4 is 10.6 Å². The summed E-state index contributed by atoms with van der Waals surface area (Å²) in [5.41, 5.74) is 0.709. The van der Waals surface area contributed by atoms with E-state index in [-0.39, 0.29) is 12.5 Å². The number of carbonyl (C=O) groups is 3. The Morgan fingerprint density at radius 3 is 2.44 bits per heavy atom. The van der Waals surface area contributed by atoms with E-state index in [1.165, 1.54) is 7.05 Å². The van der Waals surface area contributed by atoms with E-state index in [4.69, 9.17) is 4.74 Å². The molecule has 0 aliphatic carbocycles. The summed E-state index contributed by atoms with van der Waals surface area (Å²) in [5.74, 6) is -0.553. The van der Waals surface area contributed by atoms with Gasteiger partial charge in [-0.15, -0.1) is 0 Å². The molecule has 8 heteroatoms. The minimum atomic E-state index is -0.747. The van der Waals surface area contributed by atoms with Gasteiger partial charge in [0.2, 0.25) is 11.8 Å². The van der Waals surface area contributed by atoms with Crippen LogP contribution in [0.25, 0.3) is 0 Å². The van der Waals surface area contributed by atoms with Crippen LogP contribution in [0.2, 0.25) is 0 Å². The highest BCUT2D eigenvalue weighted by Gasteiger charge is 2.29. The SMILES string of the molecule is CNC(=O)NC(=O)[C@@H](c1ccccc1)N(C)CC(=O)N1CCOCC1. The van der Waals surface area contributed by atoms with E-state index in [2.05, 4.69) is 10.6 Å². The highest BCUT2D eigenvalue weighted by Crippen LogP contribution is 2.19. The van der Waals surface area contributed by atoms with Crippen LogP contribution in [0.3, 0.4) is 0 Å². The predicted molar refractivity (Wildman–Crippen MR) is 91.8 cm³/mol. The molecule has 0 saturated carbocycles. The number of amides is 4. The third-order valence-electron chi connectivity index (χ3n) is 4.02.